The third kappa shape index (κ3) is 7.80. The van der Waals surface area contributed by atoms with Crippen molar-refractivity contribution in [2.75, 3.05) is 0 Å². The third-order valence-corrected chi connectivity index (χ3v) is 3.72. The van der Waals surface area contributed by atoms with E-state index in [2.05, 4.69) is 50.6 Å². The number of rotatable bonds is 4. The Hall–Kier alpha value is -1.72. The van der Waals surface area contributed by atoms with Crippen LogP contribution in [0.2, 0.25) is 0 Å². The van der Waals surface area contributed by atoms with Gasteiger partial charge in [0.05, 0.1) is 0 Å². The second-order valence-electron chi connectivity index (χ2n) is 5.17. The van der Waals surface area contributed by atoms with Crippen molar-refractivity contribution in [1.29, 1.82) is 0 Å². The lowest BCUT2D eigenvalue weighted by Gasteiger charge is -2.08. The Bertz CT molecular complexity index is 594. The van der Waals surface area contributed by atoms with Crippen molar-refractivity contribution in [1.82, 2.24) is 5.16 Å². The molecular formula is C22H34ClNO. The van der Waals surface area contributed by atoms with Crippen LogP contribution in [0, 0.1) is 12.3 Å². The van der Waals surface area contributed by atoms with E-state index < -0.39 is 0 Å². The second-order valence-corrected chi connectivity index (χ2v) is 5.74. The summed E-state index contributed by atoms with van der Waals surface area (Å²) < 4.78 is 5.57. The van der Waals surface area contributed by atoms with Crippen LogP contribution in [-0.4, -0.2) is 5.16 Å². The lowest BCUT2D eigenvalue weighted by molar-refractivity contribution is 0.381. The zero-order valence-corrected chi connectivity index (χ0v) is 17.8. The molecule has 3 heteroatoms. The number of allylic oxidation sites excluding steroid dienone is 4. The fourth-order valence-corrected chi connectivity index (χ4v) is 2.53. The summed E-state index contributed by atoms with van der Waals surface area (Å²) in [5, 5.41) is 5.05. The van der Waals surface area contributed by atoms with Crippen LogP contribution in [0.5, 0.6) is 0 Å². The van der Waals surface area contributed by atoms with Gasteiger partial charge in [0.25, 0.3) is 0 Å². The molecular weight excluding hydrogens is 330 g/mol. The van der Waals surface area contributed by atoms with E-state index in [0.717, 1.165) is 34.1 Å². The van der Waals surface area contributed by atoms with Crippen LogP contribution in [0.25, 0.3) is 5.57 Å². The maximum Gasteiger partial charge on any atom is 0.143 e. The summed E-state index contributed by atoms with van der Waals surface area (Å²) in [5.41, 5.74) is 4.33. The van der Waals surface area contributed by atoms with Crippen molar-refractivity contribution in [2.45, 2.75) is 73.6 Å². The van der Waals surface area contributed by atoms with E-state index in [4.69, 9.17) is 16.1 Å². The molecule has 1 heterocycles. The first-order valence-corrected chi connectivity index (χ1v) is 9.25. The molecule has 1 aromatic rings. The summed E-state index contributed by atoms with van der Waals surface area (Å²) in [7, 11) is 0. The average molecular weight is 364 g/mol. The zero-order valence-electron chi connectivity index (χ0n) is 17.0. The molecule has 0 radical (unpaired) electrons. The summed E-state index contributed by atoms with van der Waals surface area (Å²) in [6.07, 6.45) is 10.0. The van der Waals surface area contributed by atoms with Crippen molar-refractivity contribution >= 4 is 17.2 Å². The van der Waals surface area contributed by atoms with Crippen molar-refractivity contribution in [3.8, 4) is 12.3 Å². The first kappa shape index (κ1) is 25.5. The molecule has 0 aromatic carbocycles. The molecule has 1 fully saturated rings. The Morgan fingerprint density at radius 2 is 1.84 bits per heavy atom. The van der Waals surface area contributed by atoms with Crippen LogP contribution >= 0.6 is 11.6 Å². The Morgan fingerprint density at radius 1 is 1.36 bits per heavy atom. The quantitative estimate of drug-likeness (QED) is 0.314. The van der Waals surface area contributed by atoms with Crippen molar-refractivity contribution in [2.24, 2.45) is 0 Å². The van der Waals surface area contributed by atoms with E-state index in [1.165, 1.54) is 18.4 Å². The largest absolute Gasteiger partial charge is 0.360 e. The highest BCUT2D eigenvalue weighted by atomic mass is 35.5. The fraction of sp³-hybridized carbons (Fsp3) is 0.500. The van der Waals surface area contributed by atoms with Gasteiger partial charge in [-0.05, 0) is 52.5 Å². The minimum absolute atomic E-state index is 0.587. The second kappa shape index (κ2) is 14.6. The summed E-state index contributed by atoms with van der Waals surface area (Å²) in [6, 6.07) is 0. The molecule has 1 saturated carbocycles. The minimum atomic E-state index is 0.587. The van der Waals surface area contributed by atoms with Crippen LogP contribution in [0.1, 0.15) is 84.2 Å². The molecule has 1 aromatic heterocycles. The molecule has 0 unspecified atom stereocenters. The monoisotopic (exact) mass is 363 g/mol. The van der Waals surface area contributed by atoms with Crippen LogP contribution < -0.4 is 0 Å². The molecule has 0 atom stereocenters. The van der Waals surface area contributed by atoms with E-state index in [1.807, 2.05) is 27.7 Å². The van der Waals surface area contributed by atoms with Gasteiger partial charge in [0.2, 0.25) is 0 Å². The first-order chi connectivity index (χ1) is 12.0. The molecule has 0 amide bonds. The summed E-state index contributed by atoms with van der Waals surface area (Å²) >= 11 is 6.24. The number of terminal acetylenes is 1. The van der Waals surface area contributed by atoms with Gasteiger partial charge in [0.1, 0.15) is 11.5 Å². The number of aromatic nitrogens is 1. The number of halogens is 1. The molecule has 2 rings (SSSR count). The van der Waals surface area contributed by atoms with E-state index in [0.29, 0.717) is 5.92 Å². The highest BCUT2D eigenvalue weighted by Crippen LogP contribution is 2.44. The zero-order chi connectivity index (χ0) is 20.0. The van der Waals surface area contributed by atoms with E-state index in [1.54, 1.807) is 6.92 Å². The van der Waals surface area contributed by atoms with Crippen LogP contribution in [0.3, 0.4) is 0 Å². The Labute approximate surface area is 160 Å². The Morgan fingerprint density at radius 3 is 2.16 bits per heavy atom. The van der Waals surface area contributed by atoms with E-state index >= 15 is 0 Å². The molecule has 1 aliphatic rings. The summed E-state index contributed by atoms with van der Waals surface area (Å²) in [5.74, 6) is 3.91. The van der Waals surface area contributed by atoms with Crippen molar-refractivity contribution in [3.63, 3.8) is 0 Å². The molecule has 0 spiro atoms. The standard InChI is InChI=1S/C15H20ClNO.C3H4.C2H6.C2H4/c1-5-9(3)13(10(4)16)14-12(6-2)15(18-17-14)11-7-8-11;1-3-2;2*1-2/h5,11H,6-8H2,1-4H3;1H,2H3;1-2H3;1-2H2/b9-5-,13-10-;;;. The van der Waals surface area contributed by atoms with Gasteiger partial charge in [-0.2, -0.15) is 0 Å². The topological polar surface area (TPSA) is 26.0 Å². The van der Waals surface area contributed by atoms with Gasteiger partial charge in [-0.15, -0.1) is 25.5 Å². The molecule has 2 nitrogen and oxygen atoms in total. The highest BCUT2D eigenvalue weighted by Gasteiger charge is 2.32. The van der Waals surface area contributed by atoms with Gasteiger partial charge in [-0.3, -0.25) is 0 Å². The van der Waals surface area contributed by atoms with E-state index in [9.17, 15) is 0 Å². The van der Waals surface area contributed by atoms with E-state index in [-0.39, 0.29) is 0 Å². The summed E-state index contributed by atoms with van der Waals surface area (Å²) in [6.45, 7) is 19.8. The first-order valence-electron chi connectivity index (χ1n) is 8.87. The fourth-order valence-electron chi connectivity index (χ4n) is 2.29. The number of hydrogen-bond donors (Lipinski definition) is 0. The molecule has 0 saturated heterocycles. The lowest BCUT2D eigenvalue weighted by atomic mass is 9.97. The lowest BCUT2D eigenvalue weighted by Crippen LogP contribution is -1.95. The minimum Gasteiger partial charge on any atom is -0.360 e. The SMILES string of the molecule is C#CC.C/C=C(C)\C(=C(/C)Cl)c1noc(C2CC2)c1CC.C=C.CC. The van der Waals surface area contributed by atoms with Gasteiger partial charge < -0.3 is 4.52 Å². The third-order valence-electron chi connectivity index (χ3n) is 3.53. The predicted molar refractivity (Wildman–Crippen MR) is 113 cm³/mol. The Balaban J connectivity index is 0. The van der Waals surface area contributed by atoms with Crippen LogP contribution in [-0.2, 0) is 6.42 Å². The number of hydrogen-bond acceptors (Lipinski definition) is 2. The van der Waals surface area contributed by atoms with Crippen LogP contribution in [0.15, 0.2) is 34.4 Å². The normalized spacial score (nSPS) is 13.6. The summed E-state index contributed by atoms with van der Waals surface area (Å²) in [4.78, 5) is 0. The smallest absolute Gasteiger partial charge is 0.143 e. The maximum absolute atomic E-state index is 6.24. The van der Waals surface area contributed by atoms with Crippen LogP contribution in [0.4, 0.5) is 0 Å². The van der Waals surface area contributed by atoms with Crippen molar-refractivity contribution < 1.29 is 4.52 Å². The molecule has 0 N–H and O–H groups in total. The van der Waals surface area contributed by atoms with Crippen molar-refractivity contribution in [3.05, 3.63) is 46.9 Å². The van der Waals surface area contributed by atoms with Gasteiger partial charge in [0, 0.05) is 22.1 Å². The average Bonchev–Trinajstić information content (AvgIpc) is 3.39. The molecule has 25 heavy (non-hydrogen) atoms. The molecule has 0 aliphatic heterocycles. The van der Waals surface area contributed by atoms with Gasteiger partial charge in [-0.25, -0.2) is 0 Å². The van der Waals surface area contributed by atoms with Gasteiger partial charge in [-0.1, -0.05) is 43.6 Å². The predicted octanol–water partition coefficient (Wildman–Crippen LogP) is 7.52. The molecule has 1 aliphatic carbocycles. The number of nitrogens with zero attached hydrogens (tertiary/aromatic N) is 1. The highest BCUT2D eigenvalue weighted by molar-refractivity contribution is 6.33. The maximum atomic E-state index is 6.24. The van der Waals surface area contributed by atoms with Gasteiger partial charge >= 0.3 is 0 Å². The molecule has 0 bridgehead atoms. The van der Waals surface area contributed by atoms with Gasteiger partial charge in [0.15, 0.2) is 0 Å². The molecule has 140 valence electrons. The Kier molecular flexibility index (Phi) is 14.9.